The van der Waals surface area contributed by atoms with Crippen molar-refractivity contribution in [1.82, 2.24) is 9.99 Å². The first kappa shape index (κ1) is 24.3. The molecule has 0 saturated heterocycles. The molecule has 168 valence electrons. The normalized spacial score (nSPS) is 11.3. The molecule has 1 amide bonds. The number of aryl methyl sites for hydroxylation is 4. The molecule has 0 aliphatic carbocycles. The van der Waals surface area contributed by atoms with Crippen molar-refractivity contribution in [2.24, 2.45) is 5.10 Å². The van der Waals surface area contributed by atoms with Crippen LogP contribution in [0.2, 0.25) is 0 Å². The second-order valence-electron chi connectivity index (χ2n) is 8.31. The molecule has 1 N–H and O–H groups in total. The Kier molecular flexibility index (Phi) is 8.01. The van der Waals surface area contributed by atoms with Crippen LogP contribution in [0.1, 0.15) is 44.8 Å². The summed E-state index contributed by atoms with van der Waals surface area (Å²) in [4.78, 5) is 12.2. The number of carbonyl (C=O) groups excluding carboxylic acids is 1. The monoisotopic (exact) mass is 511 g/mol. The van der Waals surface area contributed by atoms with E-state index in [4.69, 9.17) is 0 Å². The minimum absolute atomic E-state index is 0.102. The number of amides is 1. The van der Waals surface area contributed by atoms with Gasteiger partial charge in [0.2, 0.25) is 5.91 Å². The van der Waals surface area contributed by atoms with Crippen LogP contribution in [-0.4, -0.2) is 22.4 Å². The van der Waals surface area contributed by atoms with Crippen molar-refractivity contribution in [2.75, 3.05) is 5.75 Å². The van der Waals surface area contributed by atoms with Gasteiger partial charge in [-0.3, -0.25) is 4.79 Å². The molecule has 0 saturated carbocycles. The minimum atomic E-state index is -0.102. The Labute approximate surface area is 203 Å². The molecule has 0 unspecified atom stereocenters. The SMILES string of the molecule is Cc1cc(C)cc(CSCC(=O)N/N=C\c2c(Br)c(C)n(-c3cc(C)ccc3C)c2C)c1. The van der Waals surface area contributed by atoms with Crippen LogP contribution >= 0.6 is 27.7 Å². The highest BCUT2D eigenvalue weighted by Gasteiger charge is 2.17. The maximum atomic E-state index is 12.2. The van der Waals surface area contributed by atoms with Gasteiger partial charge in [0, 0.05) is 32.9 Å². The highest BCUT2D eigenvalue weighted by Crippen LogP contribution is 2.31. The van der Waals surface area contributed by atoms with Crippen LogP contribution in [0.5, 0.6) is 0 Å². The molecule has 4 nitrogen and oxygen atoms in total. The second kappa shape index (κ2) is 10.5. The molecule has 0 radical (unpaired) electrons. The Hall–Kier alpha value is -2.31. The number of thioether (sulfide) groups is 1. The first-order valence-corrected chi connectivity index (χ1v) is 12.5. The van der Waals surface area contributed by atoms with Crippen LogP contribution in [0.15, 0.2) is 46.0 Å². The molecule has 0 aliphatic heterocycles. The number of hydrogen-bond acceptors (Lipinski definition) is 3. The lowest BCUT2D eigenvalue weighted by Gasteiger charge is -2.13. The van der Waals surface area contributed by atoms with E-state index in [-0.39, 0.29) is 5.91 Å². The summed E-state index contributed by atoms with van der Waals surface area (Å²) in [6.45, 7) is 12.6. The lowest BCUT2D eigenvalue weighted by molar-refractivity contribution is -0.118. The smallest absolute Gasteiger partial charge is 0.250 e. The fourth-order valence-corrected chi connectivity index (χ4v) is 5.23. The van der Waals surface area contributed by atoms with E-state index >= 15 is 0 Å². The summed E-state index contributed by atoms with van der Waals surface area (Å²) in [6, 6.07) is 12.9. The first-order valence-electron chi connectivity index (χ1n) is 10.6. The van der Waals surface area contributed by atoms with Crippen LogP contribution in [0.25, 0.3) is 5.69 Å². The van der Waals surface area contributed by atoms with Crippen LogP contribution in [-0.2, 0) is 10.5 Å². The average molecular weight is 513 g/mol. The van der Waals surface area contributed by atoms with Crippen molar-refractivity contribution in [2.45, 2.75) is 47.3 Å². The third-order valence-corrected chi connectivity index (χ3v) is 7.39. The molecule has 1 aromatic heterocycles. The maximum Gasteiger partial charge on any atom is 0.250 e. The highest BCUT2D eigenvalue weighted by molar-refractivity contribution is 9.10. The summed E-state index contributed by atoms with van der Waals surface area (Å²) >= 11 is 5.30. The zero-order valence-electron chi connectivity index (χ0n) is 19.5. The molecular formula is C26H30BrN3OS. The molecule has 6 heteroatoms. The predicted molar refractivity (Wildman–Crippen MR) is 140 cm³/mol. The zero-order chi connectivity index (χ0) is 23.4. The average Bonchev–Trinajstić information content (AvgIpc) is 2.92. The van der Waals surface area contributed by atoms with Gasteiger partial charge in [-0.25, -0.2) is 5.43 Å². The maximum absolute atomic E-state index is 12.2. The second-order valence-corrected chi connectivity index (χ2v) is 10.1. The molecule has 0 atom stereocenters. The summed E-state index contributed by atoms with van der Waals surface area (Å²) in [5.74, 6) is 1.07. The number of hydrogen-bond donors (Lipinski definition) is 1. The number of rotatable bonds is 7. The summed E-state index contributed by atoms with van der Waals surface area (Å²) in [6.07, 6.45) is 1.72. The zero-order valence-corrected chi connectivity index (χ0v) is 21.9. The Morgan fingerprint density at radius 1 is 1.00 bits per heavy atom. The molecule has 0 spiro atoms. The molecule has 3 rings (SSSR count). The van der Waals surface area contributed by atoms with Gasteiger partial charge in [0.25, 0.3) is 0 Å². The van der Waals surface area contributed by atoms with Crippen LogP contribution in [0, 0.1) is 41.5 Å². The minimum Gasteiger partial charge on any atom is -0.316 e. The standard InChI is InChI=1S/C26H30BrN3OS/c1-16-7-8-19(4)24(12-16)30-20(5)23(26(27)21(30)6)13-28-29-25(31)15-32-14-22-10-17(2)9-18(3)11-22/h7-13H,14-15H2,1-6H3,(H,29,31)/b28-13-. The lowest BCUT2D eigenvalue weighted by Crippen LogP contribution is -2.19. The van der Waals surface area contributed by atoms with Gasteiger partial charge < -0.3 is 4.57 Å². The molecule has 0 aliphatic rings. The fourth-order valence-electron chi connectivity index (χ4n) is 3.91. The van der Waals surface area contributed by atoms with Gasteiger partial charge in [-0.1, -0.05) is 41.5 Å². The number of nitrogens with zero attached hydrogens (tertiary/aromatic N) is 2. The number of halogens is 1. The molecule has 2 aromatic carbocycles. The van der Waals surface area contributed by atoms with Gasteiger partial charge in [0.1, 0.15) is 0 Å². The van der Waals surface area contributed by atoms with Crippen LogP contribution in [0.4, 0.5) is 0 Å². The Balaban J connectivity index is 1.65. The number of benzene rings is 2. The van der Waals surface area contributed by atoms with E-state index in [2.05, 4.69) is 109 Å². The summed E-state index contributed by atoms with van der Waals surface area (Å²) < 4.78 is 3.22. The summed E-state index contributed by atoms with van der Waals surface area (Å²) in [7, 11) is 0. The fraction of sp³-hybridized carbons (Fsp3) is 0.308. The number of aromatic nitrogens is 1. The van der Waals surface area contributed by atoms with Crippen LogP contribution < -0.4 is 5.43 Å². The molecule has 0 bridgehead atoms. The Bertz CT molecular complexity index is 1160. The Morgan fingerprint density at radius 2 is 1.69 bits per heavy atom. The lowest BCUT2D eigenvalue weighted by atomic mass is 10.1. The third-order valence-electron chi connectivity index (χ3n) is 5.39. The van der Waals surface area contributed by atoms with Gasteiger partial charge in [0.05, 0.1) is 12.0 Å². The van der Waals surface area contributed by atoms with E-state index in [1.165, 1.54) is 27.8 Å². The van der Waals surface area contributed by atoms with E-state index in [0.29, 0.717) is 5.75 Å². The van der Waals surface area contributed by atoms with E-state index in [0.717, 1.165) is 32.9 Å². The van der Waals surface area contributed by atoms with Crippen molar-refractivity contribution in [1.29, 1.82) is 0 Å². The molecular weight excluding hydrogens is 482 g/mol. The van der Waals surface area contributed by atoms with Gasteiger partial charge in [0.15, 0.2) is 0 Å². The summed E-state index contributed by atoms with van der Waals surface area (Å²) in [5, 5.41) is 4.22. The van der Waals surface area contributed by atoms with Crippen LogP contribution in [0.3, 0.4) is 0 Å². The molecule has 0 fully saturated rings. The van der Waals surface area contributed by atoms with Crippen molar-refractivity contribution >= 4 is 39.8 Å². The van der Waals surface area contributed by atoms with E-state index < -0.39 is 0 Å². The third kappa shape index (κ3) is 5.73. The predicted octanol–water partition coefficient (Wildman–Crippen LogP) is 6.47. The Morgan fingerprint density at radius 3 is 2.38 bits per heavy atom. The van der Waals surface area contributed by atoms with E-state index in [1.807, 2.05) is 0 Å². The largest absolute Gasteiger partial charge is 0.316 e. The van der Waals surface area contributed by atoms with Crippen molar-refractivity contribution in [3.8, 4) is 5.69 Å². The number of carbonyl (C=O) groups is 1. The van der Waals surface area contributed by atoms with Crippen molar-refractivity contribution < 1.29 is 4.79 Å². The topological polar surface area (TPSA) is 46.4 Å². The highest BCUT2D eigenvalue weighted by atomic mass is 79.9. The molecule has 3 aromatic rings. The van der Waals surface area contributed by atoms with E-state index in [1.54, 1.807) is 18.0 Å². The number of hydrazone groups is 1. The van der Waals surface area contributed by atoms with Gasteiger partial charge in [-0.15, -0.1) is 11.8 Å². The number of nitrogens with one attached hydrogen (secondary N) is 1. The van der Waals surface area contributed by atoms with Gasteiger partial charge >= 0.3 is 0 Å². The molecule has 32 heavy (non-hydrogen) atoms. The first-order chi connectivity index (χ1) is 15.2. The summed E-state index contributed by atoms with van der Waals surface area (Å²) in [5.41, 5.74) is 13.1. The van der Waals surface area contributed by atoms with Gasteiger partial charge in [-0.05, 0) is 80.2 Å². The van der Waals surface area contributed by atoms with E-state index in [9.17, 15) is 4.79 Å². The quantitative estimate of drug-likeness (QED) is 0.291. The van der Waals surface area contributed by atoms with Crippen molar-refractivity contribution in [3.05, 3.63) is 85.6 Å². The molecule has 1 heterocycles. The van der Waals surface area contributed by atoms with Gasteiger partial charge in [-0.2, -0.15) is 5.10 Å². The van der Waals surface area contributed by atoms with Crippen molar-refractivity contribution in [3.63, 3.8) is 0 Å².